The van der Waals surface area contributed by atoms with Crippen molar-refractivity contribution >= 4 is 39.8 Å². The van der Waals surface area contributed by atoms with Gasteiger partial charge in [0.1, 0.15) is 0 Å². The molecule has 0 bridgehead atoms. The van der Waals surface area contributed by atoms with Crippen molar-refractivity contribution in [3.8, 4) is 0 Å². The summed E-state index contributed by atoms with van der Waals surface area (Å²) < 4.78 is 1.03. The lowest BCUT2D eigenvalue weighted by Gasteiger charge is -2.06. The van der Waals surface area contributed by atoms with Crippen LogP contribution in [0.3, 0.4) is 0 Å². The van der Waals surface area contributed by atoms with Gasteiger partial charge < -0.3 is 5.32 Å². The molecule has 24 heavy (non-hydrogen) atoms. The van der Waals surface area contributed by atoms with Gasteiger partial charge in [0, 0.05) is 17.6 Å². The first-order valence-electron chi connectivity index (χ1n) is 7.32. The summed E-state index contributed by atoms with van der Waals surface area (Å²) in [7, 11) is 1.60. The molecule has 0 saturated carbocycles. The molecular weight excluding hydrogens is 366 g/mol. The number of hydrogen-bond acceptors (Lipinski definition) is 3. The average molecular weight is 384 g/mol. The number of carbonyl (C=O) groups is 1. The largest absolute Gasteiger partial charge is 0.356 e. The van der Waals surface area contributed by atoms with E-state index in [-0.39, 0.29) is 5.91 Å². The first kappa shape index (κ1) is 17.7. The molecule has 2 rings (SSSR count). The lowest BCUT2D eigenvalue weighted by Crippen LogP contribution is -2.13. The van der Waals surface area contributed by atoms with Gasteiger partial charge in [0.15, 0.2) is 0 Å². The van der Waals surface area contributed by atoms with Crippen LogP contribution in [0.1, 0.15) is 16.7 Å². The van der Waals surface area contributed by atoms with Crippen LogP contribution in [-0.2, 0) is 4.79 Å². The standard InChI is InChI=1S/C19H18BrN3O/c1-14(23-22-13-16-6-9-18(20)10-7-16)17-5-3-4-15(12-17)8-11-19(24)21-2/h3-13,23H,1H2,2H3,(H,21,24)/b11-8+,22-13+. The molecule has 0 radical (unpaired) electrons. The van der Waals surface area contributed by atoms with Crippen molar-refractivity contribution < 1.29 is 4.79 Å². The van der Waals surface area contributed by atoms with Gasteiger partial charge in [-0.2, -0.15) is 5.10 Å². The van der Waals surface area contributed by atoms with Crippen LogP contribution in [0.2, 0.25) is 0 Å². The Morgan fingerprint density at radius 1 is 1.17 bits per heavy atom. The minimum atomic E-state index is -0.142. The molecule has 0 heterocycles. The number of nitrogens with zero attached hydrogens (tertiary/aromatic N) is 1. The average Bonchev–Trinajstić information content (AvgIpc) is 2.61. The Labute approximate surface area is 150 Å². The van der Waals surface area contributed by atoms with Crippen LogP contribution in [0.25, 0.3) is 11.8 Å². The molecule has 122 valence electrons. The van der Waals surface area contributed by atoms with Crippen molar-refractivity contribution in [1.82, 2.24) is 10.7 Å². The summed E-state index contributed by atoms with van der Waals surface area (Å²) in [6.45, 7) is 3.99. The number of amides is 1. The van der Waals surface area contributed by atoms with E-state index in [1.807, 2.05) is 48.5 Å². The van der Waals surface area contributed by atoms with E-state index in [4.69, 9.17) is 0 Å². The minimum Gasteiger partial charge on any atom is -0.356 e. The van der Waals surface area contributed by atoms with Crippen molar-refractivity contribution in [3.63, 3.8) is 0 Å². The smallest absolute Gasteiger partial charge is 0.243 e. The molecule has 4 nitrogen and oxygen atoms in total. The molecule has 0 aliphatic carbocycles. The first-order valence-corrected chi connectivity index (χ1v) is 8.11. The van der Waals surface area contributed by atoms with E-state index in [9.17, 15) is 4.79 Å². The fraction of sp³-hybridized carbons (Fsp3) is 0.0526. The summed E-state index contributed by atoms with van der Waals surface area (Å²) in [4.78, 5) is 11.3. The topological polar surface area (TPSA) is 53.5 Å². The van der Waals surface area contributed by atoms with Gasteiger partial charge in [0.2, 0.25) is 5.91 Å². The SMILES string of the molecule is C=C(N/N=C/c1ccc(Br)cc1)c1cccc(/C=C/C(=O)NC)c1. The lowest BCUT2D eigenvalue weighted by atomic mass is 10.1. The molecule has 0 fully saturated rings. The molecule has 2 aromatic carbocycles. The Bertz CT molecular complexity index is 779. The van der Waals surface area contributed by atoms with Gasteiger partial charge in [-0.05, 0) is 41.0 Å². The fourth-order valence-corrected chi connectivity index (χ4v) is 2.15. The molecule has 0 atom stereocenters. The van der Waals surface area contributed by atoms with Gasteiger partial charge in [-0.25, -0.2) is 0 Å². The van der Waals surface area contributed by atoms with E-state index < -0.39 is 0 Å². The van der Waals surface area contributed by atoms with Crippen molar-refractivity contribution in [3.05, 3.63) is 82.3 Å². The molecular formula is C19H18BrN3O. The second-order valence-electron chi connectivity index (χ2n) is 4.97. The van der Waals surface area contributed by atoms with E-state index >= 15 is 0 Å². The third kappa shape index (κ3) is 5.52. The quantitative estimate of drug-likeness (QED) is 0.452. The summed E-state index contributed by atoms with van der Waals surface area (Å²) in [5, 5.41) is 6.73. The van der Waals surface area contributed by atoms with Gasteiger partial charge in [0.05, 0.1) is 11.9 Å². The van der Waals surface area contributed by atoms with Gasteiger partial charge in [-0.3, -0.25) is 10.2 Å². The highest BCUT2D eigenvalue weighted by atomic mass is 79.9. The number of carbonyl (C=O) groups excluding carboxylic acids is 1. The molecule has 2 N–H and O–H groups in total. The van der Waals surface area contributed by atoms with Crippen LogP contribution in [-0.4, -0.2) is 19.2 Å². The zero-order valence-corrected chi connectivity index (χ0v) is 14.9. The number of hydrazone groups is 1. The third-order valence-electron chi connectivity index (χ3n) is 3.19. The molecule has 0 unspecified atom stereocenters. The van der Waals surface area contributed by atoms with E-state index in [0.29, 0.717) is 5.70 Å². The van der Waals surface area contributed by atoms with Crippen LogP contribution < -0.4 is 10.7 Å². The van der Waals surface area contributed by atoms with Crippen LogP contribution in [0, 0.1) is 0 Å². The molecule has 0 saturated heterocycles. The normalized spacial score (nSPS) is 10.9. The number of benzene rings is 2. The Hall–Kier alpha value is -2.66. The summed E-state index contributed by atoms with van der Waals surface area (Å²) in [5.74, 6) is -0.142. The highest BCUT2D eigenvalue weighted by Crippen LogP contribution is 2.13. The van der Waals surface area contributed by atoms with E-state index in [1.54, 1.807) is 19.3 Å². The second-order valence-corrected chi connectivity index (χ2v) is 5.89. The van der Waals surface area contributed by atoms with Crippen LogP contribution in [0.4, 0.5) is 0 Å². The van der Waals surface area contributed by atoms with Gasteiger partial charge >= 0.3 is 0 Å². The zero-order valence-electron chi connectivity index (χ0n) is 13.3. The molecule has 2 aromatic rings. The molecule has 0 spiro atoms. The number of likely N-dealkylation sites (N-methyl/N-ethyl adjacent to an activating group) is 1. The summed E-state index contributed by atoms with van der Waals surface area (Å²) in [6, 6.07) is 15.5. The molecule has 5 heteroatoms. The molecule has 0 aromatic heterocycles. The lowest BCUT2D eigenvalue weighted by molar-refractivity contribution is -0.115. The van der Waals surface area contributed by atoms with Crippen molar-refractivity contribution in [2.75, 3.05) is 7.05 Å². The zero-order chi connectivity index (χ0) is 17.4. The van der Waals surface area contributed by atoms with Crippen LogP contribution in [0.5, 0.6) is 0 Å². The molecule has 0 aliphatic heterocycles. The highest BCUT2D eigenvalue weighted by Gasteiger charge is 1.98. The maximum Gasteiger partial charge on any atom is 0.243 e. The Morgan fingerprint density at radius 2 is 1.92 bits per heavy atom. The molecule has 1 amide bonds. The second kappa shape index (κ2) is 8.84. The van der Waals surface area contributed by atoms with Crippen molar-refractivity contribution in [2.24, 2.45) is 5.10 Å². The predicted octanol–water partition coefficient (Wildman–Crippen LogP) is 3.80. The van der Waals surface area contributed by atoms with Gasteiger partial charge in [0.25, 0.3) is 0 Å². The van der Waals surface area contributed by atoms with E-state index in [1.165, 1.54) is 6.08 Å². The van der Waals surface area contributed by atoms with Crippen LogP contribution >= 0.6 is 15.9 Å². The Balaban J connectivity index is 2.00. The number of nitrogens with one attached hydrogen (secondary N) is 2. The van der Waals surface area contributed by atoms with Crippen molar-refractivity contribution in [2.45, 2.75) is 0 Å². The van der Waals surface area contributed by atoms with Gasteiger partial charge in [-0.1, -0.05) is 52.8 Å². The maximum atomic E-state index is 11.3. The van der Waals surface area contributed by atoms with Crippen molar-refractivity contribution in [1.29, 1.82) is 0 Å². The molecule has 0 aliphatic rings. The summed E-state index contributed by atoms with van der Waals surface area (Å²) in [6.07, 6.45) is 4.97. The van der Waals surface area contributed by atoms with E-state index in [0.717, 1.165) is 21.2 Å². The third-order valence-corrected chi connectivity index (χ3v) is 3.72. The predicted molar refractivity (Wildman–Crippen MR) is 103 cm³/mol. The summed E-state index contributed by atoms with van der Waals surface area (Å²) >= 11 is 3.40. The Morgan fingerprint density at radius 3 is 2.62 bits per heavy atom. The maximum absolute atomic E-state index is 11.3. The first-order chi connectivity index (χ1) is 11.6. The van der Waals surface area contributed by atoms with Crippen LogP contribution in [0.15, 0.2) is 70.8 Å². The highest BCUT2D eigenvalue weighted by molar-refractivity contribution is 9.10. The van der Waals surface area contributed by atoms with E-state index in [2.05, 4.69) is 38.4 Å². The number of rotatable bonds is 6. The summed E-state index contributed by atoms with van der Waals surface area (Å²) in [5.41, 5.74) is 6.41. The monoisotopic (exact) mass is 383 g/mol. The minimum absolute atomic E-state index is 0.142. The number of halogens is 1. The number of hydrogen-bond donors (Lipinski definition) is 2. The Kier molecular flexibility index (Phi) is 6.51. The fourth-order valence-electron chi connectivity index (χ4n) is 1.88. The van der Waals surface area contributed by atoms with Gasteiger partial charge in [-0.15, -0.1) is 0 Å².